The number of nitrogens with one attached hydrogen (secondary N) is 1. The molecule has 86 valence electrons. The van der Waals surface area contributed by atoms with Gasteiger partial charge >= 0.3 is 0 Å². The van der Waals surface area contributed by atoms with Crippen molar-refractivity contribution in [2.45, 2.75) is 13.3 Å². The number of aromatic nitrogens is 1. The molecule has 0 unspecified atom stereocenters. The van der Waals surface area contributed by atoms with E-state index < -0.39 is 0 Å². The summed E-state index contributed by atoms with van der Waals surface area (Å²) in [6, 6.07) is 5.21. The summed E-state index contributed by atoms with van der Waals surface area (Å²) in [7, 11) is 0. The number of oxime groups is 1. The number of carbonyl (C=O) groups excluding carboxylic acids is 1. The minimum atomic E-state index is -0.269. The van der Waals surface area contributed by atoms with Crippen LogP contribution in [0.25, 0.3) is 0 Å². The van der Waals surface area contributed by atoms with Crippen molar-refractivity contribution in [3.63, 3.8) is 0 Å². The topological polar surface area (TPSA) is 101 Å². The van der Waals surface area contributed by atoms with Gasteiger partial charge in [-0.05, 0) is 19.1 Å². The van der Waals surface area contributed by atoms with Crippen molar-refractivity contribution >= 4 is 11.7 Å². The highest BCUT2D eigenvalue weighted by molar-refractivity contribution is 5.92. The van der Waals surface area contributed by atoms with Gasteiger partial charge < -0.3 is 16.3 Å². The Bertz CT molecular complexity index is 404. The highest BCUT2D eigenvalue weighted by Crippen LogP contribution is 1.97. The first-order valence-corrected chi connectivity index (χ1v) is 4.81. The summed E-state index contributed by atoms with van der Waals surface area (Å²) in [4.78, 5) is 15.6. The van der Waals surface area contributed by atoms with Gasteiger partial charge in [-0.25, -0.2) is 4.98 Å². The second-order valence-corrected chi connectivity index (χ2v) is 3.26. The highest BCUT2D eigenvalue weighted by Gasteiger charge is 2.06. The van der Waals surface area contributed by atoms with Crippen LogP contribution in [-0.4, -0.2) is 28.5 Å². The Morgan fingerprint density at radius 1 is 1.62 bits per heavy atom. The van der Waals surface area contributed by atoms with Crippen LogP contribution < -0.4 is 11.1 Å². The first-order valence-electron chi connectivity index (χ1n) is 4.81. The van der Waals surface area contributed by atoms with Crippen LogP contribution in [0.4, 0.5) is 0 Å². The second-order valence-electron chi connectivity index (χ2n) is 3.26. The summed E-state index contributed by atoms with van der Waals surface area (Å²) in [5.41, 5.74) is 6.40. The Morgan fingerprint density at radius 2 is 2.38 bits per heavy atom. The molecule has 6 nitrogen and oxygen atoms in total. The van der Waals surface area contributed by atoms with Gasteiger partial charge in [0.2, 0.25) is 0 Å². The molecule has 0 atom stereocenters. The molecule has 0 saturated carbocycles. The molecule has 6 heteroatoms. The summed E-state index contributed by atoms with van der Waals surface area (Å²) in [6.07, 6.45) is 0.300. The van der Waals surface area contributed by atoms with Crippen molar-refractivity contribution in [1.29, 1.82) is 0 Å². The smallest absolute Gasteiger partial charge is 0.269 e. The third-order valence-corrected chi connectivity index (χ3v) is 1.92. The lowest BCUT2D eigenvalue weighted by Crippen LogP contribution is -2.28. The van der Waals surface area contributed by atoms with Crippen molar-refractivity contribution in [3.05, 3.63) is 29.6 Å². The van der Waals surface area contributed by atoms with Crippen LogP contribution in [0.5, 0.6) is 0 Å². The average molecular weight is 222 g/mol. The average Bonchev–Trinajstić information content (AvgIpc) is 2.28. The molecule has 0 aliphatic rings. The molecule has 0 fully saturated rings. The molecule has 0 spiro atoms. The van der Waals surface area contributed by atoms with Crippen LogP contribution >= 0.6 is 0 Å². The fraction of sp³-hybridized carbons (Fsp3) is 0.300. The predicted molar refractivity (Wildman–Crippen MR) is 59.3 cm³/mol. The number of hydrogen-bond donors (Lipinski definition) is 3. The number of amidine groups is 1. The number of rotatable bonds is 4. The van der Waals surface area contributed by atoms with E-state index in [2.05, 4.69) is 15.5 Å². The van der Waals surface area contributed by atoms with Crippen LogP contribution in [0.1, 0.15) is 22.6 Å². The summed E-state index contributed by atoms with van der Waals surface area (Å²) in [5.74, 6) is -0.188. The largest absolute Gasteiger partial charge is 0.409 e. The quantitative estimate of drug-likeness (QED) is 0.294. The Hall–Kier alpha value is -2.11. The minimum Gasteiger partial charge on any atom is -0.409 e. The molecule has 1 aromatic rings. The van der Waals surface area contributed by atoms with Gasteiger partial charge in [0.25, 0.3) is 5.91 Å². The molecule has 0 aliphatic carbocycles. The first-order chi connectivity index (χ1) is 7.63. The van der Waals surface area contributed by atoms with E-state index in [9.17, 15) is 4.79 Å². The maximum Gasteiger partial charge on any atom is 0.269 e. The zero-order valence-corrected chi connectivity index (χ0v) is 8.97. The van der Waals surface area contributed by atoms with E-state index in [0.717, 1.165) is 5.69 Å². The van der Waals surface area contributed by atoms with Gasteiger partial charge in [-0.2, -0.15) is 0 Å². The highest BCUT2D eigenvalue weighted by atomic mass is 16.4. The van der Waals surface area contributed by atoms with Crippen LogP contribution in [0.3, 0.4) is 0 Å². The molecular weight excluding hydrogens is 208 g/mol. The zero-order valence-electron chi connectivity index (χ0n) is 8.97. The van der Waals surface area contributed by atoms with E-state index in [1.807, 2.05) is 13.0 Å². The molecule has 0 bridgehead atoms. The summed E-state index contributed by atoms with van der Waals surface area (Å²) < 4.78 is 0. The number of hydrogen-bond acceptors (Lipinski definition) is 4. The molecule has 16 heavy (non-hydrogen) atoms. The lowest BCUT2D eigenvalue weighted by atomic mass is 10.3. The third-order valence-electron chi connectivity index (χ3n) is 1.92. The number of nitrogens with two attached hydrogens (primary N) is 1. The third kappa shape index (κ3) is 3.56. The van der Waals surface area contributed by atoms with Gasteiger partial charge in [0, 0.05) is 18.7 Å². The first kappa shape index (κ1) is 12.0. The molecule has 0 aliphatic heterocycles. The van der Waals surface area contributed by atoms with E-state index in [-0.39, 0.29) is 11.7 Å². The van der Waals surface area contributed by atoms with Gasteiger partial charge in [0.15, 0.2) is 0 Å². The molecule has 1 heterocycles. The molecular formula is C10H14N4O2. The number of nitrogens with zero attached hydrogens (tertiary/aromatic N) is 2. The summed E-state index contributed by atoms with van der Waals surface area (Å²) in [6.45, 7) is 2.12. The second kappa shape index (κ2) is 5.69. The number of aryl methyl sites for hydroxylation is 1. The zero-order chi connectivity index (χ0) is 12.0. The molecule has 0 aromatic carbocycles. The fourth-order valence-corrected chi connectivity index (χ4v) is 1.11. The van der Waals surface area contributed by atoms with Crippen LogP contribution in [0.2, 0.25) is 0 Å². The normalized spacial score (nSPS) is 11.2. The Balaban J connectivity index is 2.47. The maximum absolute atomic E-state index is 11.5. The Labute approximate surface area is 93.2 Å². The molecule has 4 N–H and O–H groups in total. The number of amides is 1. The van der Waals surface area contributed by atoms with Crippen molar-refractivity contribution < 1.29 is 10.0 Å². The number of carbonyl (C=O) groups is 1. The molecule has 0 radical (unpaired) electrons. The molecule has 1 amide bonds. The molecule has 1 rings (SSSR count). The maximum atomic E-state index is 11.5. The van der Waals surface area contributed by atoms with Crippen LogP contribution in [0.15, 0.2) is 23.4 Å². The van der Waals surface area contributed by atoms with E-state index >= 15 is 0 Å². The van der Waals surface area contributed by atoms with Crippen molar-refractivity contribution in [2.75, 3.05) is 6.54 Å². The van der Waals surface area contributed by atoms with Gasteiger partial charge in [-0.3, -0.25) is 4.79 Å². The van der Waals surface area contributed by atoms with Gasteiger partial charge in [0.1, 0.15) is 11.5 Å². The van der Waals surface area contributed by atoms with Gasteiger partial charge in [-0.1, -0.05) is 11.2 Å². The van der Waals surface area contributed by atoms with E-state index in [4.69, 9.17) is 10.9 Å². The standard InChI is InChI=1S/C10H14N4O2/c1-7-3-2-4-8(13-7)10(15)12-6-5-9(11)14-16/h2-4,16H,5-6H2,1H3,(H2,11,14)(H,12,15). The lowest BCUT2D eigenvalue weighted by Gasteiger charge is -2.04. The lowest BCUT2D eigenvalue weighted by molar-refractivity contribution is 0.0949. The summed E-state index contributed by atoms with van der Waals surface area (Å²) >= 11 is 0. The minimum absolute atomic E-state index is 0.0810. The molecule has 0 saturated heterocycles. The predicted octanol–water partition coefficient (Wildman–Crippen LogP) is 0.256. The van der Waals surface area contributed by atoms with Crippen LogP contribution in [0, 0.1) is 6.92 Å². The van der Waals surface area contributed by atoms with Gasteiger partial charge in [0.05, 0.1) is 0 Å². The monoisotopic (exact) mass is 222 g/mol. The van der Waals surface area contributed by atoms with Crippen molar-refractivity contribution in [3.8, 4) is 0 Å². The van der Waals surface area contributed by atoms with E-state index in [1.165, 1.54) is 0 Å². The van der Waals surface area contributed by atoms with Crippen LogP contribution in [-0.2, 0) is 0 Å². The number of pyridine rings is 1. The van der Waals surface area contributed by atoms with E-state index in [0.29, 0.717) is 18.7 Å². The van der Waals surface area contributed by atoms with Crippen molar-refractivity contribution in [1.82, 2.24) is 10.3 Å². The SMILES string of the molecule is Cc1cccc(C(=O)NCCC(N)=NO)n1. The Kier molecular flexibility index (Phi) is 4.26. The van der Waals surface area contributed by atoms with Crippen molar-refractivity contribution in [2.24, 2.45) is 10.9 Å². The summed E-state index contributed by atoms with van der Waals surface area (Å²) in [5, 5.41) is 13.7. The Morgan fingerprint density at radius 3 is 3.00 bits per heavy atom. The van der Waals surface area contributed by atoms with E-state index in [1.54, 1.807) is 12.1 Å². The van der Waals surface area contributed by atoms with Gasteiger partial charge in [-0.15, -0.1) is 0 Å². The fourth-order valence-electron chi connectivity index (χ4n) is 1.11. The molecule has 1 aromatic heterocycles.